The van der Waals surface area contributed by atoms with Crippen LogP contribution in [-0.2, 0) is 11.3 Å². The van der Waals surface area contributed by atoms with Crippen molar-refractivity contribution in [1.82, 2.24) is 20.4 Å². The van der Waals surface area contributed by atoms with Crippen LogP contribution < -0.4 is 5.32 Å². The summed E-state index contributed by atoms with van der Waals surface area (Å²) in [5.41, 5.74) is 2.39. The number of aromatic amines is 1. The Bertz CT molecular complexity index is 1010. The van der Waals surface area contributed by atoms with Crippen LogP contribution in [0.4, 0.5) is 4.39 Å². The first kappa shape index (κ1) is 18.3. The standard InChI is InChI=1S/C22H23FN4O2/c23-15-7-5-14(6-8-15)11-27-17-9-16(10-18(27)13-29-12-17)24-22(28)21-19-3-1-2-4-20(19)25-26-21/h1-8,16-18H,9-13H2,(H,24,28)(H,25,26)/t16?,17-,18+. The number of hydrogen-bond donors (Lipinski definition) is 2. The van der Waals surface area contributed by atoms with Crippen LogP contribution in [0.5, 0.6) is 0 Å². The highest BCUT2D eigenvalue weighted by Gasteiger charge is 2.39. The van der Waals surface area contributed by atoms with E-state index in [0.717, 1.165) is 35.9 Å². The van der Waals surface area contributed by atoms with Crippen molar-refractivity contribution in [3.63, 3.8) is 0 Å². The Morgan fingerprint density at radius 3 is 2.62 bits per heavy atom. The number of halogens is 1. The normalized spacial score (nSPS) is 24.5. The number of morpholine rings is 1. The molecule has 3 atom stereocenters. The van der Waals surface area contributed by atoms with Gasteiger partial charge in [0.05, 0.1) is 18.7 Å². The minimum absolute atomic E-state index is 0.0846. The van der Waals surface area contributed by atoms with Crippen LogP contribution in [0, 0.1) is 5.82 Å². The zero-order valence-corrected chi connectivity index (χ0v) is 16.0. The number of fused-ring (bicyclic) bond motifs is 3. The maximum atomic E-state index is 13.2. The largest absolute Gasteiger partial charge is 0.378 e. The number of piperidine rings is 1. The first-order valence-electron chi connectivity index (χ1n) is 9.99. The molecular weight excluding hydrogens is 371 g/mol. The van der Waals surface area contributed by atoms with Crippen LogP contribution in [0.25, 0.3) is 10.9 Å². The molecule has 29 heavy (non-hydrogen) atoms. The van der Waals surface area contributed by atoms with Gasteiger partial charge in [-0.05, 0) is 36.6 Å². The number of hydrogen-bond acceptors (Lipinski definition) is 4. The first-order chi connectivity index (χ1) is 14.2. The van der Waals surface area contributed by atoms with Gasteiger partial charge >= 0.3 is 0 Å². The van der Waals surface area contributed by atoms with Gasteiger partial charge in [0.2, 0.25) is 0 Å². The Morgan fingerprint density at radius 2 is 1.86 bits per heavy atom. The van der Waals surface area contributed by atoms with Crippen LogP contribution in [0.3, 0.4) is 0 Å². The highest BCUT2D eigenvalue weighted by Crippen LogP contribution is 2.30. The second-order valence-corrected chi connectivity index (χ2v) is 7.90. The lowest BCUT2D eigenvalue weighted by Gasteiger charge is -2.48. The highest BCUT2D eigenvalue weighted by atomic mass is 19.1. The van der Waals surface area contributed by atoms with Crippen molar-refractivity contribution in [2.45, 2.75) is 37.5 Å². The van der Waals surface area contributed by atoms with Gasteiger partial charge in [-0.2, -0.15) is 5.10 Å². The van der Waals surface area contributed by atoms with Crippen LogP contribution in [0.2, 0.25) is 0 Å². The third-order valence-corrected chi connectivity index (χ3v) is 5.97. The van der Waals surface area contributed by atoms with Gasteiger partial charge in [-0.25, -0.2) is 4.39 Å². The summed E-state index contributed by atoms with van der Waals surface area (Å²) in [4.78, 5) is 15.3. The van der Waals surface area contributed by atoms with E-state index in [1.54, 1.807) is 0 Å². The molecule has 1 unspecified atom stereocenters. The number of nitrogens with zero attached hydrogens (tertiary/aromatic N) is 2. The molecule has 0 spiro atoms. The summed E-state index contributed by atoms with van der Waals surface area (Å²) in [5.74, 6) is -0.358. The maximum absolute atomic E-state index is 13.2. The van der Waals surface area contributed by atoms with Crippen LogP contribution in [0.1, 0.15) is 28.9 Å². The van der Waals surface area contributed by atoms with E-state index in [9.17, 15) is 9.18 Å². The molecule has 2 fully saturated rings. The maximum Gasteiger partial charge on any atom is 0.272 e. The molecule has 0 radical (unpaired) electrons. The van der Waals surface area contributed by atoms with Crippen molar-refractivity contribution in [3.05, 3.63) is 65.6 Å². The van der Waals surface area contributed by atoms with Crippen molar-refractivity contribution < 1.29 is 13.9 Å². The Labute approximate surface area is 168 Å². The lowest BCUT2D eigenvalue weighted by atomic mass is 9.89. The van der Waals surface area contributed by atoms with Gasteiger partial charge in [-0.3, -0.25) is 14.8 Å². The molecule has 3 aromatic rings. The molecule has 150 valence electrons. The van der Waals surface area contributed by atoms with E-state index in [0.29, 0.717) is 18.9 Å². The molecule has 2 aromatic carbocycles. The van der Waals surface area contributed by atoms with E-state index in [1.807, 2.05) is 36.4 Å². The number of H-pyrrole nitrogens is 1. The van der Waals surface area contributed by atoms with Gasteiger partial charge in [0.25, 0.3) is 5.91 Å². The van der Waals surface area contributed by atoms with Gasteiger partial charge in [-0.15, -0.1) is 0 Å². The predicted octanol–water partition coefficient (Wildman–Crippen LogP) is 2.86. The van der Waals surface area contributed by atoms with Crippen molar-refractivity contribution in [3.8, 4) is 0 Å². The van der Waals surface area contributed by atoms with E-state index in [1.165, 1.54) is 12.1 Å². The first-order valence-corrected chi connectivity index (χ1v) is 9.99. The van der Waals surface area contributed by atoms with E-state index >= 15 is 0 Å². The Morgan fingerprint density at radius 1 is 1.14 bits per heavy atom. The summed E-state index contributed by atoms with van der Waals surface area (Å²) in [6, 6.07) is 14.9. The molecule has 1 amide bonds. The molecule has 2 aliphatic rings. The van der Waals surface area contributed by atoms with E-state index in [-0.39, 0.29) is 29.8 Å². The van der Waals surface area contributed by atoms with Crippen molar-refractivity contribution >= 4 is 16.8 Å². The fourth-order valence-corrected chi connectivity index (χ4v) is 4.56. The van der Waals surface area contributed by atoms with Crippen molar-refractivity contribution in [1.29, 1.82) is 0 Å². The zero-order chi connectivity index (χ0) is 19.8. The molecule has 3 heterocycles. The Balaban J connectivity index is 1.28. The summed E-state index contributed by atoms with van der Waals surface area (Å²) in [5, 5.41) is 11.1. The number of ether oxygens (including phenoxy) is 1. The molecule has 0 saturated carbocycles. The molecule has 7 heteroatoms. The third-order valence-electron chi connectivity index (χ3n) is 5.97. The van der Waals surface area contributed by atoms with Crippen molar-refractivity contribution in [2.24, 2.45) is 0 Å². The monoisotopic (exact) mass is 394 g/mol. The van der Waals surface area contributed by atoms with E-state index < -0.39 is 0 Å². The Hall–Kier alpha value is -2.77. The molecule has 1 aromatic heterocycles. The van der Waals surface area contributed by atoms with E-state index in [2.05, 4.69) is 20.4 Å². The second-order valence-electron chi connectivity index (χ2n) is 7.90. The molecule has 6 nitrogen and oxygen atoms in total. The molecule has 5 rings (SSSR count). The number of nitrogens with one attached hydrogen (secondary N) is 2. The number of para-hydroxylation sites is 1. The summed E-state index contributed by atoms with van der Waals surface area (Å²) in [6.45, 7) is 2.06. The van der Waals surface area contributed by atoms with E-state index in [4.69, 9.17) is 4.74 Å². The van der Waals surface area contributed by atoms with Crippen LogP contribution in [-0.4, -0.2) is 52.3 Å². The summed E-state index contributed by atoms with van der Waals surface area (Å²) < 4.78 is 19.0. The van der Waals surface area contributed by atoms with Gasteiger partial charge in [-0.1, -0.05) is 30.3 Å². The topological polar surface area (TPSA) is 70.2 Å². The highest BCUT2D eigenvalue weighted by molar-refractivity contribution is 6.04. The predicted molar refractivity (Wildman–Crippen MR) is 107 cm³/mol. The quantitative estimate of drug-likeness (QED) is 0.714. The number of aromatic nitrogens is 2. The second kappa shape index (κ2) is 7.57. The fourth-order valence-electron chi connectivity index (χ4n) is 4.56. The molecule has 2 aliphatic heterocycles. The summed E-state index contributed by atoms with van der Waals surface area (Å²) in [7, 11) is 0. The van der Waals surface area contributed by atoms with Gasteiger partial charge < -0.3 is 10.1 Å². The fraction of sp³-hybridized carbons (Fsp3) is 0.364. The minimum Gasteiger partial charge on any atom is -0.378 e. The SMILES string of the molecule is O=C(NC1C[C@H]2COC[C@@H](C1)N2Cc1ccc(F)cc1)c1n[nH]c2ccccc12. The summed E-state index contributed by atoms with van der Waals surface area (Å²) in [6.07, 6.45) is 1.65. The number of amides is 1. The van der Waals surface area contributed by atoms with Gasteiger partial charge in [0, 0.05) is 30.1 Å². The summed E-state index contributed by atoms with van der Waals surface area (Å²) >= 11 is 0. The Kier molecular flexibility index (Phi) is 4.77. The smallest absolute Gasteiger partial charge is 0.272 e. The van der Waals surface area contributed by atoms with Gasteiger partial charge in [0.15, 0.2) is 5.69 Å². The lowest BCUT2D eigenvalue weighted by molar-refractivity contribution is -0.0843. The number of rotatable bonds is 4. The average Bonchev–Trinajstić information content (AvgIpc) is 3.14. The number of carbonyl (C=O) groups excluding carboxylic acids is 1. The van der Waals surface area contributed by atoms with Crippen molar-refractivity contribution in [2.75, 3.05) is 13.2 Å². The molecule has 2 saturated heterocycles. The van der Waals surface area contributed by atoms with Crippen LogP contribution >= 0.6 is 0 Å². The third kappa shape index (κ3) is 3.63. The molecule has 2 bridgehead atoms. The number of carbonyl (C=O) groups is 1. The lowest BCUT2D eigenvalue weighted by Crippen LogP contribution is -2.60. The minimum atomic E-state index is -0.218. The average molecular weight is 394 g/mol. The number of benzene rings is 2. The van der Waals surface area contributed by atoms with Gasteiger partial charge in [0.1, 0.15) is 5.82 Å². The molecular formula is C22H23FN4O2. The zero-order valence-electron chi connectivity index (χ0n) is 16.0. The molecule has 2 N–H and O–H groups in total. The van der Waals surface area contributed by atoms with Crippen LogP contribution in [0.15, 0.2) is 48.5 Å². The molecule has 0 aliphatic carbocycles.